The molecule has 280 valence electrons. The minimum absolute atomic E-state index is 0.137. The number of unbranched alkanes of at least 4 members (excludes halogenated alkanes) is 2. The molecule has 0 saturated carbocycles. The molecule has 4 aromatic rings. The highest BCUT2D eigenvalue weighted by Crippen LogP contribution is 2.50. The summed E-state index contributed by atoms with van der Waals surface area (Å²) in [6.45, 7) is 5.28. The number of fused-ring (bicyclic) bond motifs is 4. The van der Waals surface area contributed by atoms with E-state index in [-0.39, 0.29) is 28.8 Å². The zero-order valence-corrected chi connectivity index (χ0v) is 30.9. The number of hydrogen-bond donors (Lipinski definition) is 3. The van der Waals surface area contributed by atoms with Crippen LogP contribution in [-0.4, -0.2) is 85.6 Å². The third-order valence-electron chi connectivity index (χ3n) is 10.1. The molecule has 6 rings (SSSR count). The lowest BCUT2D eigenvalue weighted by molar-refractivity contribution is -0.133. The second-order valence-electron chi connectivity index (χ2n) is 13.5. The Labute approximate surface area is 308 Å². The molecule has 2 amide bonds. The van der Waals surface area contributed by atoms with Crippen molar-refractivity contribution in [2.45, 2.75) is 58.0 Å². The standard InChI is InChI=1S/C40H48N6O7/c1-25(47)42-31-15-13-26-22-34(51-2)38(52-3)39(53-4)37(26)27-14-16-32(33(48)23-29(27)31)41-17-9-5-6-12-36(49)46-20-18-45(19-21-46)24-35-43-30-11-8-7-10-28(30)40(50)44-35/h7-8,10-11,14,16,22-23,31H,5-6,9,12-13,15,17-21,24H2,1-4H3,(H,41,48)(H,42,47)(H,43,44,50)/t31-/m0/s1. The van der Waals surface area contributed by atoms with E-state index in [0.717, 1.165) is 36.0 Å². The lowest BCUT2D eigenvalue weighted by atomic mass is 9.95. The van der Waals surface area contributed by atoms with E-state index in [2.05, 4.69) is 25.5 Å². The first-order chi connectivity index (χ1) is 25.7. The number of ether oxygens (including phenoxy) is 3. The maximum absolute atomic E-state index is 13.6. The number of hydrogen-bond acceptors (Lipinski definition) is 10. The van der Waals surface area contributed by atoms with Crippen molar-refractivity contribution in [3.05, 3.63) is 86.1 Å². The maximum atomic E-state index is 13.6. The van der Waals surface area contributed by atoms with Crippen molar-refractivity contribution in [1.29, 1.82) is 0 Å². The number of amides is 2. The summed E-state index contributed by atoms with van der Waals surface area (Å²) in [5, 5.41) is 6.92. The fraction of sp³-hybridized carbons (Fsp3) is 0.425. The predicted molar refractivity (Wildman–Crippen MR) is 204 cm³/mol. The van der Waals surface area contributed by atoms with E-state index < -0.39 is 0 Å². The van der Waals surface area contributed by atoms with Gasteiger partial charge in [0.05, 0.1) is 50.5 Å². The van der Waals surface area contributed by atoms with Crippen LogP contribution < -0.4 is 35.8 Å². The van der Waals surface area contributed by atoms with E-state index in [1.807, 2.05) is 35.2 Å². The summed E-state index contributed by atoms with van der Waals surface area (Å²) in [5.41, 5.74) is 4.08. The van der Waals surface area contributed by atoms with Gasteiger partial charge in [-0.15, -0.1) is 0 Å². The fourth-order valence-corrected chi connectivity index (χ4v) is 7.39. The van der Waals surface area contributed by atoms with Gasteiger partial charge in [0.25, 0.3) is 5.56 Å². The molecule has 0 bridgehead atoms. The molecule has 1 atom stereocenters. The lowest BCUT2D eigenvalue weighted by Crippen LogP contribution is -2.48. The van der Waals surface area contributed by atoms with Gasteiger partial charge in [-0.2, -0.15) is 0 Å². The average Bonchev–Trinajstić information content (AvgIpc) is 3.40. The molecule has 3 N–H and O–H groups in total. The van der Waals surface area contributed by atoms with Gasteiger partial charge >= 0.3 is 0 Å². The molecule has 3 aromatic carbocycles. The highest BCUT2D eigenvalue weighted by molar-refractivity contribution is 5.84. The largest absolute Gasteiger partial charge is 0.493 e. The molecule has 0 unspecified atom stereocenters. The number of aryl methyl sites for hydroxylation is 1. The Morgan fingerprint density at radius 1 is 0.925 bits per heavy atom. The second-order valence-corrected chi connectivity index (χ2v) is 13.5. The molecule has 1 saturated heterocycles. The molecule has 1 aliphatic carbocycles. The Bertz CT molecular complexity index is 2090. The van der Waals surface area contributed by atoms with Crippen molar-refractivity contribution < 1.29 is 23.8 Å². The quantitative estimate of drug-likeness (QED) is 0.169. The molecule has 1 aliphatic heterocycles. The number of aromatic nitrogens is 2. The van der Waals surface area contributed by atoms with Gasteiger partial charge in [-0.25, -0.2) is 4.98 Å². The minimum Gasteiger partial charge on any atom is -0.493 e. The zero-order chi connectivity index (χ0) is 37.5. The number of carbonyl (C=O) groups excluding carboxylic acids is 2. The van der Waals surface area contributed by atoms with Crippen LogP contribution in [0.4, 0.5) is 5.69 Å². The molecule has 13 heteroatoms. The number of methoxy groups -OCH3 is 3. The zero-order valence-electron chi connectivity index (χ0n) is 30.9. The number of nitrogens with one attached hydrogen (secondary N) is 3. The van der Waals surface area contributed by atoms with Gasteiger partial charge in [0.1, 0.15) is 5.82 Å². The molecule has 2 heterocycles. The van der Waals surface area contributed by atoms with Crippen molar-refractivity contribution in [3.63, 3.8) is 0 Å². The Hall–Kier alpha value is -5.43. The van der Waals surface area contributed by atoms with Crippen LogP contribution in [0.25, 0.3) is 22.0 Å². The molecule has 2 aliphatic rings. The second kappa shape index (κ2) is 16.9. The summed E-state index contributed by atoms with van der Waals surface area (Å²) in [5.74, 6) is 2.11. The molecule has 1 aromatic heterocycles. The highest BCUT2D eigenvalue weighted by atomic mass is 16.5. The molecular formula is C40H48N6O7. The van der Waals surface area contributed by atoms with Crippen LogP contribution in [0.15, 0.2) is 58.1 Å². The number of benzene rings is 2. The van der Waals surface area contributed by atoms with E-state index >= 15 is 0 Å². The number of aromatic amines is 1. The summed E-state index contributed by atoms with van der Waals surface area (Å²) in [6, 6.07) is 14.2. The van der Waals surface area contributed by atoms with Crippen LogP contribution in [0.3, 0.4) is 0 Å². The van der Waals surface area contributed by atoms with Gasteiger partial charge in [0.15, 0.2) is 11.5 Å². The molecule has 0 spiro atoms. The van der Waals surface area contributed by atoms with Gasteiger partial charge in [0.2, 0.25) is 23.0 Å². The van der Waals surface area contributed by atoms with Crippen LogP contribution in [0.2, 0.25) is 0 Å². The van der Waals surface area contributed by atoms with Crippen LogP contribution >= 0.6 is 0 Å². The van der Waals surface area contributed by atoms with E-state index in [1.54, 1.807) is 39.5 Å². The Morgan fingerprint density at radius 2 is 1.70 bits per heavy atom. The normalized spacial score (nSPS) is 15.5. The van der Waals surface area contributed by atoms with Crippen LogP contribution in [-0.2, 0) is 22.6 Å². The van der Waals surface area contributed by atoms with Gasteiger partial charge in [0, 0.05) is 51.6 Å². The first kappa shape index (κ1) is 37.3. The number of para-hydroxylation sites is 1. The Balaban J connectivity index is 1.03. The number of nitrogens with zero attached hydrogens (tertiary/aromatic N) is 3. The number of carbonyl (C=O) groups is 2. The van der Waals surface area contributed by atoms with E-state index in [9.17, 15) is 19.2 Å². The minimum atomic E-state index is -0.378. The Kier molecular flexibility index (Phi) is 11.9. The topological polar surface area (TPSA) is 155 Å². The van der Waals surface area contributed by atoms with Gasteiger partial charge in [-0.3, -0.25) is 24.1 Å². The third kappa shape index (κ3) is 8.46. The summed E-state index contributed by atoms with van der Waals surface area (Å²) in [4.78, 5) is 62.8. The van der Waals surface area contributed by atoms with Crippen molar-refractivity contribution in [1.82, 2.24) is 25.1 Å². The summed E-state index contributed by atoms with van der Waals surface area (Å²) < 4.78 is 17.2. The number of H-pyrrole nitrogens is 1. The number of piperazine rings is 1. The lowest BCUT2D eigenvalue weighted by Gasteiger charge is -2.34. The van der Waals surface area contributed by atoms with Gasteiger partial charge < -0.3 is 34.7 Å². The van der Waals surface area contributed by atoms with Crippen LogP contribution in [0.5, 0.6) is 17.2 Å². The monoisotopic (exact) mass is 724 g/mol. The number of rotatable bonds is 13. The SMILES string of the molecule is COc1cc2c(c(OC)c1OC)-c1ccc(NCCCCCC(=O)N3CCN(Cc4nc5ccccc5c(=O)[nH]4)CC3)c(=O)cc1[C@@H](NC(C)=O)CC2. The Morgan fingerprint density at radius 3 is 2.43 bits per heavy atom. The average molecular weight is 725 g/mol. The smallest absolute Gasteiger partial charge is 0.258 e. The molecule has 0 radical (unpaired) electrons. The van der Waals surface area contributed by atoms with E-state index in [0.29, 0.717) is 104 Å². The first-order valence-corrected chi connectivity index (χ1v) is 18.2. The predicted octanol–water partition coefficient (Wildman–Crippen LogP) is 4.42. The van der Waals surface area contributed by atoms with Gasteiger partial charge in [-0.05, 0) is 72.7 Å². The molecular weight excluding hydrogens is 676 g/mol. The van der Waals surface area contributed by atoms with Gasteiger partial charge in [-0.1, -0.05) is 24.6 Å². The van der Waals surface area contributed by atoms with E-state index in [4.69, 9.17) is 14.2 Å². The summed E-state index contributed by atoms with van der Waals surface area (Å²) in [6.07, 6.45) is 4.06. The van der Waals surface area contributed by atoms with Crippen molar-refractivity contribution in [2.24, 2.45) is 0 Å². The highest BCUT2D eigenvalue weighted by Gasteiger charge is 2.29. The van der Waals surface area contributed by atoms with E-state index in [1.165, 1.54) is 6.92 Å². The third-order valence-corrected chi connectivity index (χ3v) is 10.1. The summed E-state index contributed by atoms with van der Waals surface area (Å²) >= 11 is 0. The van der Waals surface area contributed by atoms with Crippen molar-refractivity contribution in [2.75, 3.05) is 59.4 Å². The van der Waals surface area contributed by atoms with Crippen molar-refractivity contribution in [3.8, 4) is 28.4 Å². The van der Waals surface area contributed by atoms with Crippen molar-refractivity contribution >= 4 is 28.4 Å². The van der Waals surface area contributed by atoms with Crippen LogP contribution in [0, 0.1) is 0 Å². The fourth-order valence-electron chi connectivity index (χ4n) is 7.39. The maximum Gasteiger partial charge on any atom is 0.258 e. The summed E-state index contributed by atoms with van der Waals surface area (Å²) in [7, 11) is 4.71. The number of anilines is 1. The molecule has 1 fully saturated rings. The molecule has 13 nitrogen and oxygen atoms in total. The molecule has 53 heavy (non-hydrogen) atoms. The van der Waals surface area contributed by atoms with Crippen LogP contribution in [0.1, 0.15) is 62.0 Å². The first-order valence-electron chi connectivity index (χ1n) is 18.2.